The lowest BCUT2D eigenvalue weighted by molar-refractivity contribution is 0.400. The second-order valence-electron chi connectivity index (χ2n) is 3.82. The van der Waals surface area contributed by atoms with Crippen LogP contribution in [0.4, 0.5) is 5.69 Å². The van der Waals surface area contributed by atoms with E-state index < -0.39 is 0 Å². The maximum atomic E-state index is 5.70. The summed E-state index contributed by atoms with van der Waals surface area (Å²) in [6, 6.07) is 9.03. The second-order valence-corrected chi connectivity index (χ2v) is 4.76. The van der Waals surface area contributed by atoms with Gasteiger partial charge in [0.15, 0.2) is 11.3 Å². The van der Waals surface area contributed by atoms with Gasteiger partial charge in [-0.3, -0.25) is 0 Å². The van der Waals surface area contributed by atoms with E-state index in [1.165, 1.54) is 11.8 Å². The average molecular weight is 273 g/mol. The summed E-state index contributed by atoms with van der Waals surface area (Å²) in [4.78, 5) is 8.62. The number of benzene rings is 1. The first-order valence-electron chi connectivity index (χ1n) is 5.59. The number of fused-ring (bicyclic) bond motifs is 1. The molecule has 96 valence electrons. The number of oxazole rings is 1. The van der Waals surface area contributed by atoms with Crippen LogP contribution in [0.2, 0.25) is 0 Å². The first-order valence-corrected chi connectivity index (χ1v) is 6.41. The third kappa shape index (κ3) is 2.34. The molecule has 0 fully saturated rings. The molecule has 0 amide bonds. The third-order valence-corrected chi connectivity index (χ3v) is 3.38. The zero-order valence-electron chi connectivity index (χ0n) is 10.2. The minimum Gasteiger partial charge on any atom is -0.494 e. The number of methoxy groups -OCH3 is 1. The van der Waals surface area contributed by atoms with Crippen molar-refractivity contribution in [2.45, 2.75) is 10.2 Å². The molecule has 6 heteroatoms. The molecule has 0 aliphatic carbocycles. The number of rotatable bonds is 3. The van der Waals surface area contributed by atoms with Gasteiger partial charge >= 0.3 is 0 Å². The first kappa shape index (κ1) is 11.9. The lowest BCUT2D eigenvalue weighted by atomic mass is 10.3. The predicted molar refractivity (Wildman–Crippen MR) is 73.3 cm³/mol. The van der Waals surface area contributed by atoms with Crippen LogP contribution in [0.1, 0.15) is 0 Å². The van der Waals surface area contributed by atoms with Crippen molar-refractivity contribution in [2.75, 3.05) is 12.8 Å². The summed E-state index contributed by atoms with van der Waals surface area (Å²) >= 11 is 1.32. The van der Waals surface area contributed by atoms with Gasteiger partial charge in [0.05, 0.1) is 7.11 Å². The number of ether oxygens (including phenoxy) is 1. The SMILES string of the molecule is COc1cccnc1Sc1nc2ccc(N)cc2o1. The Kier molecular flexibility index (Phi) is 3.00. The van der Waals surface area contributed by atoms with Crippen LogP contribution in [-0.2, 0) is 0 Å². The molecule has 19 heavy (non-hydrogen) atoms. The van der Waals surface area contributed by atoms with Crippen LogP contribution in [0.3, 0.4) is 0 Å². The number of aromatic nitrogens is 2. The Morgan fingerprint density at radius 1 is 1.32 bits per heavy atom. The Hall–Kier alpha value is -2.21. The topological polar surface area (TPSA) is 74.2 Å². The molecule has 0 aliphatic heterocycles. The van der Waals surface area contributed by atoms with Crippen LogP contribution in [0.5, 0.6) is 5.75 Å². The van der Waals surface area contributed by atoms with Gasteiger partial charge in [-0.15, -0.1) is 0 Å². The van der Waals surface area contributed by atoms with Crippen molar-refractivity contribution in [3.63, 3.8) is 0 Å². The Balaban J connectivity index is 1.96. The van der Waals surface area contributed by atoms with Crippen LogP contribution in [0.15, 0.2) is 51.2 Å². The zero-order valence-corrected chi connectivity index (χ0v) is 11.0. The van der Waals surface area contributed by atoms with Crippen LogP contribution in [0, 0.1) is 0 Å². The second kappa shape index (κ2) is 4.81. The highest BCUT2D eigenvalue weighted by Gasteiger charge is 2.11. The molecule has 1 aromatic carbocycles. The monoisotopic (exact) mass is 273 g/mol. The van der Waals surface area contributed by atoms with Crippen LogP contribution >= 0.6 is 11.8 Å². The van der Waals surface area contributed by atoms with Gasteiger partial charge in [-0.05, 0) is 36.0 Å². The van der Waals surface area contributed by atoms with E-state index in [-0.39, 0.29) is 0 Å². The molecular weight excluding hydrogens is 262 g/mol. The van der Waals surface area contributed by atoms with Crippen molar-refractivity contribution < 1.29 is 9.15 Å². The Morgan fingerprint density at radius 2 is 2.21 bits per heavy atom. The summed E-state index contributed by atoms with van der Waals surface area (Å²) < 4.78 is 10.9. The van der Waals surface area contributed by atoms with Gasteiger partial charge < -0.3 is 14.9 Å². The number of nitrogens with two attached hydrogens (primary N) is 1. The van der Waals surface area contributed by atoms with Gasteiger partial charge in [0, 0.05) is 18.0 Å². The molecule has 2 heterocycles. The summed E-state index contributed by atoms with van der Waals surface area (Å²) in [6.45, 7) is 0. The van der Waals surface area contributed by atoms with E-state index in [1.807, 2.05) is 18.2 Å². The van der Waals surface area contributed by atoms with Gasteiger partial charge in [-0.25, -0.2) is 9.97 Å². The number of hydrogen-bond donors (Lipinski definition) is 1. The van der Waals surface area contributed by atoms with E-state index in [4.69, 9.17) is 14.9 Å². The normalized spacial score (nSPS) is 10.8. The largest absolute Gasteiger partial charge is 0.494 e. The van der Waals surface area contributed by atoms with Crippen LogP contribution < -0.4 is 10.5 Å². The fourth-order valence-electron chi connectivity index (χ4n) is 1.65. The van der Waals surface area contributed by atoms with Gasteiger partial charge in [-0.1, -0.05) is 0 Å². The molecular formula is C13H11N3O2S. The summed E-state index contributed by atoms with van der Waals surface area (Å²) in [6.07, 6.45) is 1.70. The molecule has 0 unspecified atom stereocenters. The molecule has 0 bridgehead atoms. The third-order valence-electron chi connectivity index (χ3n) is 2.53. The van der Waals surface area contributed by atoms with E-state index in [2.05, 4.69) is 9.97 Å². The lowest BCUT2D eigenvalue weighted by Crippen LogP contribution is -1.88. The van der Waals surface area contributed by atoms with Gasteiger partial charge in [0.25, 0.3) is 5.22 Å². The minimum atomic E-state index is 0.512. The van der Waals surface area contributed by atoms with E-state index in [0.29, 0.717) is 27.3 Å². The summed E-state index contributed by atoms with van der Waals surface area (Å²) in [5.41, 5.74) is 7.79. The standard InChI is InChI=1S/C13H11N3O2S/c1-17-10-3-2-6-15-12(10)19-13-16-9-5-4-8(14)7-11(9)18-13/h2-7H,14H2,1H3. The Labute approximate surface area is 113 Å². The van der Waals surface area contributed by atoms with Crippen molar-refractivity contribution in [2.24, 2.45) is 0 Å². The molecule has 3 aromatic rings. The van der Waals surface area contributed by atoms with Crippen molar-refractivity contribution in [1.29, 1.82) is 0 Å². The van der Waals surface area contributed by atoms with Crippen LogP contribution in [-0.4, -0.2) is 17.1 Å². The fourth-order valence-corrected chi connectivity index (χ4v) is 2.46. The fraction of sp³-hybridized carbons (Fsp3) is 0.0769. The Morgan fingerprint density at radius 3 is 3.05 bits per heavy atom. The zero-order chi connectivity index (χ0) is 13.2. The van der Waals surface area contributed by atoms with Crippen molar-refractivity contribution in [1.82, 2.24) is 9.97 Å². The minimum absolute atomic E-state index is 0.512. The number of pyridine rings is 1. The van der Waals surface area contributed by atoms with Crippen LogP contribution in [0.25, 0.3) is 11.1 Å². The average Bonchev–Trinajstić information content (AvgIpc) is 2.80. The maximum Gasteiger partial charge on any atom is 0.263 e. The molecule has 0 saturated heterocycles. The molecule has 2 aromatic heterocycles. The van der Waals surface area contributed by atoms with Crippen molar-refractivity contribution >= 4 is 28.5 Å². The molecule has 5 nitrogen and oxygen atoms in total. The van der Waals surface area contributed by atoms with Gasteiger partial charge in [0.2, 0.25) is 0 Å². The van der Waals surface area contributed by atoms with Crippen molar-refractivity contribution in [3.05, 3.63) is 36.5 Å². The van der Waals surface area contributed by atoms with Gasteiger partial charge in [0.1, 0.15) is 10.5 Å². The molecule has 2 N–H and O–H groups in total. The highest BCUT2D eigenvalue weighted by molar-refractivity contribution is 7.99. The predicted octanol–water partition coefficient (Wildman–Crippen LogP) is 2.96. The Bertz CT molecular complexity index is 727. The number of nitrogens with zero attached hydrogens (tertiary/aromatic N) is 2. The molecule has 0 atom stereocenters. The smallest absolute Gasteiger partial charge is 0.263 e. The van der Waals surface area contributed by atoms with E-state index in [0.717, 1.165) is 5.52 Å². The van der Waals surface area contributed by atoms with Crippen molar-refractivity contribution in [3.8, 4) is 5.75 Å². The highest BCUT2D eigenvalue weighted by atomic mass is 32.2. The summed E-state index contributed by atoms with van der Waals surface area (Å²) in [5.74, 6) is 0.689. The lowest BCUT2D eigenvalue weighted by Gasteiger charge is -2.03. The molecule has 0 saturated carbocycles. The van der Waals surface area contributed by atoms with E-state index in [9.17, 15) is 0 Å². The summed E-state index contributed by atoms with van der Waals surface area (Å²) in [5, 5.41) is 1.22. The molecule has 0 radical (unpaired) electrons. The molecule has 3 rings (SSSR count). The number of nitrogen functional groups attached to an aromatic ring is 1. The van der Waals surface area contributed by atoms with E-state index >= 15 is 0 Å². The number of hydrogen-bond acceptors (Lipinski definition) is 6. The molecule has 0 aliphatic rings. The number of anilines is 1. The van der Waals surface area contributed by atoms with E-state index in [1.54, 1.807) is 25.4 Å². The maximum absolute atomic E-state index is 5.70. The quantitative estimate of drug-likeness (QED) is 0.739. The summed E-state index contributed by atoms with van der Waals surface area (Å²) in [7, 11) is 1.60. The molecule has 0 spiro atoms. The first-order chi connectivity index (χ1) is 9.26. The van der Waals surface area contributed by atoms with Gasteiger partial charge in [-0.2, -0.15) is 0 Å². The highest BCUT2D eigenvalue weighted by Crippen LogP contribution is 2.34.